The van der Waals surface area contributed by atoms with E-state index < -0.39 is 0 Å². The third-order valence-corrected chi connectivity index (χ3v) is 4.51. The summed E-state index contributed by atoms with van der Waals surface area (Å²) < 4.78 is 1.82. The van der Waals surface area contributed by atoms with Crippen molar-refractivity contribution in [3.63, 3.8) is 0 Å². The van der Waals surface area contributed by atoms with Gasteiger partial charge < -0.3 is 5.32 Å². The molecule has 0 aliphatic heterocycles. The number of hydrogen-bond donors (Lipinski definition) is 2. The van der Waals surface area contributed by atoms with Crippen molar-refractivity contribution >= 4 is 11.8 Å². The van der Waals surface area contributed by atoms with Crippen LogP contribution in [0.2, 0.25) is 0 Å². The Labute approximate surface area is 146 Å². The maximum Gasteiger partial charge on any atom is 0.320 e. The molecular formula is C20H20N4O. The maximum atomic E-state index is 12.3. The number of anilines is 1. The monoisotopic (exact) mass is 332 g/mol. The van der Waals surface area contributed by atoms with Gasteiger partial charge in [0.05, 0.1) is 12.6 Å². The minimum atomic E-state index is -0.216. The van der Waals surface area contributed by atoms with E-state index in [1.54, 1.807) is 0 Å². The molecule has 4 rings (SSSR count). The summed E-state index contributed by atoms with van der Waals surface area (Å²) in [5, 5.41) is 10.3. The van der Waals surface area contributed by atoms with Crippen molar-refractivity contribution in [2.24, 2.45) is 0 Å². The van der Waals surface area contributed by atoms with Crippen molar-refractivity contribution < 1.29 is 4.79 Å². The lowest BCUT2D eigenvalue weighted by Crippen LogP contribution is -2.31. The zero-order chi connectivity index (χ0) is 17.1. The second-order valence-electron chi connectivity index (χ2n) is 6.27. The van der Waals surface area contributed by atoms with Gasteiger partial charge >= 0.3 is 6.03 Å². The number of aryl methyl sites for hydroxylation is 1. The Morgan fingerprint density at radius 1 is 1.08 bits per heavy atom. The fraction of sp³-hybridized carbons (Fsp3) is 0.200. The number of carbonyl (C=O) groups is 1. The lowest BCUT2D eigenvalue weighted by Gasteiger charge is -2.14. The van der Waals surface area contributed by atoms with Crippen LogP contribution in [0.3, 0.4) is 0 Å². The number of amides is 2. The number of rotatable bonds is 4. The van der Waals surface area contributed by atoms with Crippen molar-refractivity contribution in [1.82, 2.24) is 15.1 Å². The van der Waals surface area contributed by atoms with Crippen molar-refractivity contribution in [2.75, 3.05) is 5.32 Å². The van der Waals surface area contributed by atoms with E-state index in [9.17, 15) is 4.79 Å². The Hall–Kier alpha value is -3.08. The Morgan fingerprint density at radius 3 is 2.76 bits per heavy atom. The van der Waals surface area contributed by atoms with Crippen LogP contribution >= 0.6 is 0 Å². The predicted octanol–water partition coefficient (Wildman–Crippen LogP) is 3.74. The van der Waals surface area contributed by atoms with Crippen LogP contribution in [0, 0.1) is 0 Å². The molecule has 2 amide bonds. The van der Waals surface area contributed by atoms with E-state index in [-0.39, 0.29) is 12.1 Å². The summed E-state index contributed by atoms with van der Waals surface area (Å²) in [6.07, 6.45) is 3.81. The molecule has 1 aromatic heterocycles. The van der Waals surface area contributed by atoms with Gasteiger partial charge in [-0.3, -0.25) is 10.00 Å². The summed E-state index contributed by atoms with van der Waals surface area (Å²) in [5.41, 5.74) is 3.70. The maximum absolute atomic E-state index is 12.3. The van der Waals surface area contributed by atoms with Crippen LogP contribution in [0.4, 0.5) is 10.6 Å². The Morgan fingerprint density at radius 2 is 1.88 bits per heavy atom. The topological polar surface area (TPSA) is 59.0 Å². The minimum absolute atomic E-state index is 0.0719. The number of fused-ring (bicyclic) bond motifs is 1. The Kier molecular flexibility index (Phi) is 4.21. The van der Waals surface area contributed by atoms with Gasteiger partial charge in [0.25, 0.3) is 0 Å². The fourth-order valence-electron chi connectivity index (χ4n) is 3.30. The first-order valence-corrected chi connectivity index (χ1v) is 8.50. The molecule has 0 fully saturated rings. The van der Waals surface area contributed by atoms with Crippen LogP contribution in [-0.2, 0) is 13.0 Å². The highest BCUT2D eigenvalue weighted by molar-refractivity contribution is 5.88. The van der Waals surface area contributed by atoms with Gasteiger partial charge in [-0.2, -0.15) is 5.10 Å². The summed E-state index contributed by atoms with van der Waals surface area (Å²) in [6, 6.07) is 20.0. The van der Waals surface area contributed by atoms with Gasteiger partial charge in [0.1, 0.15) is 0 Å². The molecule has 1 unspecified atom stereocenters. The highest BCUT2D eigenvalue weighted by atomic mass is 16.2. The standard InChI is InChI=1S/C20H20N4O/c25-20(21-18-11-10-16-8-4-5-9-17(16)18)22-19-12-13-24(23-19)14-15-6-2-1-3-7-15/h1-9,12-13,18H,10-11,14H2,(H2,21,22,23,25). The smallest absolute Gasteiger partial charge is 0.320 e. The highest BCUT2D eigenvalue weighted by Crippen LogP contribution is 2.30. The number of hydrogen-bond acceptors (Lipinski definition) is 2. The Balaban J connectivity index is 1.36. The molecule has 1 atom stereocenters. The van der Waals surface area contributed by atoms with Gasteiger partial charge in [-0.05, 0) is 29.5 Å². The second kappa shape index (κ2) is 6.81. The van der Waals surface area contributed by atoms with Crippen LogP contribution in [0.1, 0.15) is 29.2 Å². The molecule has 5 heteroatoms. The number of nitrogens with zero attached hydrogens (tertiary/aromatic N) is 2. The normalized spacial score (nSPS) is 15.6. The number of aromatic nitrogens is 2. The van der Waals surface area contributed by atoms with Crippen LogP contribution < -0.4 is 10.6 Å². The second-order valence-corrected chi connectivity index (χ2v) is 6.27. The van der Waals surface area contributed by atoms with Gasteiger partial charge in [-0.15, -0.1) is 0 Å². The molecule has 2 N–H and O–H groups in total. The summed E-state index contributed by atoms with van der Waals surface area (Å²) in [6.45, 7) is 0.681. The fourth-order valence-corrected chi connectivity index (χ4v) is 3.30. The molecule has 0 spiro atoms. The number of benzene rings is 2. The molecule has 25 heavy (non-hydrogen) atoms. The SMILES string of the molecule is O=C(Nc1ccn(Cc2ccccc2)n1)NC1CCc2ccccc21. The zero-order valence-electron chi connectivity index (χ0n) is 13.9. The van der Waals surface area contributed by atoms with Gasteiger partial charge in [-0.1, -0.05) is 54.6 Å². The lowest BCUT2D eigenvalue weighted by atomic mass is 10.1. The first-order chi connectivity index (χ1) is 12.3. The van der Waals surface area contributed by atoms with Crippen molar-refractivity contribution in [3.8, 4) is 0 Å². The summed E-state index contributed by atoms with van der Waals surface area (Å²) >= 11 is 0. The molecule has 0 saturated carbocycles. The molecule has 2 aromatic carbocycles. The van der Waals surface area contributed by atoms with Crippen LogP contribution in [-0.4, -0.2) is 15.8 Å². The van der Waals surface area contributed by atoms with E-state index in [2.05, 4.69) is 40.0 Å². The Bertz CT molecular complexity index is 872. The average Bonchev–Trinajstić information content (AvgIpc) is 3.23. The highest BCUT2D eigenvalue weighted by Gasteiger charge is 2.23. The van der Waals surface area contributed by atoms with E-state index in [0.29, 0.717) is 12.4 Å². The van der Waals surface area contributed by atoms with Crippen molar-refractivity contribution in [3.05, 3.63) is 83.6 Å². The largest absolute Gasteiger partial charge is 0.331 e. The summed E-state index contributed by atoms with van der Waals surface area (Å²) in [5.74, 6) is 0.555. The summed E-state index contributed by atoms with van der Waals surface area (Å²) in [4.78, 5) is 12.3. The predicted molar refractivity (Wildman–Crippen MR) is 97.4 cm³/mol. The molecular weight excluding hydrogens is 312 g/mol. The molecule has 3 aromatic rings. The first-order valence-electron chi connectivity index (χ1n) is 8.50. The number of nitrogens with one attached hydrogen (secondary N) is 2. The third-order valence-electron chi connectivity index (χ3n) is 4.51. The van der Waals surface area contributed by atoms with E-state index in [4.69, 9.17) is 0 Å². The van der Waals surface area contributed by atoms with Crippen LogP contribution in [0.5, 0.6) is 0 Å². The number of urea groups is 1. The molecule has 1 aliphatic rings. The van der Waals surface area contributed by atoms with Crippen molar-refractivity contribution in [1.29, 1.82) is 0 Å². The molecule has 126 valence electrons. The lowest BCUT2D eigenvalue weighted by molar-refractivity contribution is 0.248. The van der Waals surface area contributed by atoms with Crippen LogP contribution in [0.15, 0.2) is 66.9 Å². The van der Waals surface area contributed by atoms with Crippen LogP contribution in [0.25, 0.3) is 0 Å². The van der Waals surface area contributed by atoms with Gasteiger partial charge in [-0.25, -0.2) is 4.79 Å². The van der Waals surface area contributed by atoms with Crippen molar-refractivity contribution in [2.45, 2.75) is 25.4 Å². The molecule has 1 heterocycles. The number of carbonyl (C=O) groups excluding carboxylic acids is 1. The van der Waals surface area contributed by atoms with E-state index >= 15 is 0 Å². The third kappa shape index (κ3) is 3.55. The van der Waals surface area contributed by atoms with E-state index in [1.165, 1.54) is 16.7 Å². The summed E-state index contributed by atoms with van der Waals surface area (Å²) in [7, 11) is 0. The molecule has 0 saturated heterocycles. The van der Waals surface area contributed by atoms with E-state index in [1.807, 2.05) is 47.3 Å². The van der Waals surface area contributed by atoms with E-state index in [0.717, 1.165) is 12.8 Å². The molecule has 0 bridgehead atoms. The molecule has 1 aliphatic carbocycles. The average molecular weight is 332 g/mol. The molecule has 0 radical (unpaired) electrons. The minimum Gasteiger partial charge on any atom is -0.331 e. The first kappa shape index (κ1) is 15.4. The van der Waals surface area contributed by atoms with Gasteiger partial charge in [0, 0.05) is 12.3 Å². The van der Waals surface area contributed by atoms with Gasteiger partial charge in [0.2, 0.25) is 0 Å². The van der Waals surface area contributed by atoms with Gasteiger partial charge in [0.15, 0.2) is 5.82 Å². The quantitative estimate of drug-likeness (QED) is 0.764. The molecule has 5 nitrogen and oxygen atoms in total. The zero-order valence-corrected chi connectivity index (χ0v) is 13.9.